The van der Waals surface area contributed by atoms with E-state index in [1.165, 1.54) is 29.2 Å². The number of hydrogen-bond donors (Lipinski definition) is 1. The van der Waals surface area contributed by atoms with Gasteiger partial charge in [0.2, 0.25) is 11.8 Å². The van der Waals surface area contributed by atoms with Gasteiger partial charge in [-0.1, -0.05) is 72.3 Å². The van der Waals surface area contributed by atoms with Crippen molar-refractivity contribution in [2.24, 2.45) is 0 Å². The second-order valence-corrected chi connectivity index (χ2v) is 12.2. The zero-order valence-electron chi connectivity index (χ0n) is 24.5. The molecule has 224 valence electrons. The molecule has 4 rings (SSSR count). The molecule has 4 aromatic carbocycles. The van der Waals surface area contributed by atoms with Gasteiger partial charge in [0.15, 0.2) is 0 Å². The number of hydrogen-bond acceptors (Lipinski definition) is 4. The van der Waals surface area contributed by atoms with E-state index in [2.05, 4.69) is 5.32 Å². The van der Waals surface area contributed by atoms with Crippen molar-refractivity contribution < 1.29 is 22.4 Å². The quantitative estimate of drug-likeness (QED) is 0.235. The van der Waals surface area contributed by atoms with Crippen LogP contribution in [0, 0.1) is 19.7 Å². The summed E-state index contributed by atoms with van der Waals surface area (Å²) in [7, 11) is -4.25. The van der Waals surface area contributed by atoms with Gasteiger partial charge in [0, 0.05) is 19.5 Å². The monoisotopic (exact) mass is 601 g/mol. The van der Waals surface area contributed by atoms with E-state index in [0.29, 0.717) is 6.54 Å². The molecule has 1 atom stereocenters. The van der Waals surface area contributed by atoms with Crippen LogP contribution in [0.1, 0.15) is 29.2 Å². The van der Waals surface area contributed by atoms with E-state index in [-0.39, 0.29) is 29.5 Å². The van der Waals surface area contributed by atoms with Gasteiger partial charge < -0.3 is 10.2 Å². The number of nitrogens with zero attached hydrogens (tertiary/aromatic N) is 2. The topological polar surface area (TPSA) is 86.8 Å². The van der Waals surface area contributed by atoms with E-state index in [1.807, 2.05) is 68.4 Å². The minimum atomic E-state index is -4.25. The van der Waals surface area contributed by atoms with Crippen molar-refractivity contribution >= 4 is 27.5 Å². The van der Waals surface area contributed by atoms with E-state index in [1.54, 1.807) is 19.1 Å². The Bertz CT molecular complexity index is 1640. The largest absolute Gasteiger partial charge is 0.355 e. The van der Waals surface area contributed by atoms with E-state index >= 15 is 0 Å². The van der Waals surface area contributed by atoms with E-state index in [4.69, 9.17) is 0 Å². The van der Waals surface area contributed by atoms with Crippen molar-refractivity contribution in [2.75, 3.05) is 17.4 Å². The van der Waals surface area contributed by atoms with E-state index < -0.39 is 34.3 Å². The van der Waals surface area contributed by atoms with Crippen LogP contribution in [0.3, 0.4) is 0 Å². The van der Waals surface area contributed by atoms with E-state index in [0.717, 1.165) is 38.7 Å². The summed E-state index contributed by atoms with van der Waals surface area (Å²) in [5.41, 5.74) is 3.61. The lowest BCUT2D eigenvalue weighted by Gasteiger charge is -2.34. The van der Waals surface area contributed by atoms with Crippen molar-refractivity contribution in [1.29, 1.82) is 0 Å². The lowest BCUT2D eigenvalue weighted by molar-refractivity contribution is -0.140. The molecule has 0 aliphatic heterocycles. The molecule has 4 aromatic rings. The molecule has 0 aromatic heterocycles. The molecule has 1 N–H and O–H groups in total. The molecule has 43 heavy (non-hydrogen) atoms. The molecule has 0 aliphatic carbocycles. The molecule has 0 heterocycles. The zero-order chi connectivity index (χ0) is 31.0. The maximum atomic E-state index is 14.3. The van der Waals surface area contributed by atoms with Gasteiger partial charge in [0.1, 0.15) is 18.4 Å². The fourth-order valence-electron chi connectivity index (χ4n) is 4.79. The third kappa shape index (κ3) is 7.87. The van der Waals surface area contributed by atoms with Gasteiger partial charge in [-0.25, -0.2) is 12.8 Å². The van der Waals surface area contributed by atoms with Crippen LogP contribution in [0.5, 0.6) is 0 Å². The number of aryl methyl sites for hydroxylation is 2. The summed E-state index contributed by atoms with van der Waals surface area (Å²) < 4.78 is 42.8. The molecule has 0 fully saturated rings. The molecular formula is C34H36FN3O4S. The van der Waals surface area contributed by atoms with Gasteiger partial charge >= 0.3 is 0 Å². The maximum Gasteiger partial charge on any atom is 0.264 e. The second kappa shape index (κ2) is 14.1. The maximum absolute atomic E-state index is 14.3. The Kier molecular flexibility index (Phi) is 10.3. The number of halogens is 1. The van der Waals surface area contributed by atoms with Gasteiger partial charge in [0.05, 0.1) is 10.6 Å². The van der Waals surface area contributed by atoms with Gasteiger partial charge in [-0.15, -0.1) is 0 Å². The van der Waals surface area contributed by atoms with Crippen molar-refractivity contribution in [3.63, 3.8) is 0 Å². The third-order valence-corrected chi connectivity index (χ3v) is 9.01. The molecular weight excluding hydrogens is 565 g/mol. The Labute approximate surface area is 253 Å². The smallest absolute Gasteiger partial charge is 0.264 e. The molecule has 2 amide bonds. The molecule has 0 spiro atoms. The number of rotatable bonds is 12. The first kappa shape index (κ1) is 31.4. The molecule has 0 radical (unpaired) electrons. The highest BCUT2D eigenvalue weighted by atomic mass is 32.2. The highest BCUT2D eigenvalue weighted by Crippen LogP contribution is 2.26. The van der Waals surface area contributed by atoms with Crippen LogP contribution in [-0.2, 0) is 32.6 Å². The summed E-state index contributed by atoms with van der Waals surface area (Å²) in [4.78, 5) is 29.3. The van der Waals surface area contributed by atoms with Crippen LogP contribution in [0.4, 0.5) is 10.1 Å². The lowest BCUT2D eigenvalue weighted by Crippen LogP contribution is -2.53. The second-order valence-electron chi connectivity index (χ2n) is 10.3. The Balaban J connectivity index is 1.80. The average molecular weight is 602 g/mol. The summed E-state index contributed by atoms with van der Waals surface area (Å²) in [6.07, 6.45) is 0.228. The lowest BCUT2D eigenvalue weighted by atomic mass is 10.0. The highest BCUT2D eigenvalue weighted by Gasteiger charge is 2.34. The first-order valence-electron chi connectivity index (χ1n) is 14.1. The van der Waals surface area contributed by atoms with Crippen molar-refractivity contribution in [3.8, 4) is 0 Å². The number of likely N-dealkylation sites (N-methyl/N-ethyl adjacent to an activating group) is 1. The SMILES string of the molecule is CCNC(=O)[C@H](Cc1ccccc1)N(Cc1ccccc1C)C(=O)CN(c1ccc(F)cc1)S(=O)(=O)c1ccc(C)cc1. The molecule has 0 unspecified atom stereocenters. The predicted molar refractivity (Wildman–Crippen MR) is 166 cm³/mol. The summed E-state index contributed by atoms with van der Waals surface area (Å²) in [6.45, 7) is 5.41. The number of amides is 2. The summed E-state index contributed by atoms with van der Waals surface area (Å²) in [6, 6.07) is 27.2. The Morgan fingerprint density at radius 2 is 1.47 bits per heavy atom. The summed E-state index contributed by atoms with van der Waals surface area (Å²) in [5.74, 6) is -1.46. The minimum absolute atomic E-state index is 0.00904. The summed E-state index contributed by atoms with van der Waals surface area (Å²) in [5, 5.41) is 2.85. The fourth-order valence-corrected chi connectivity index (χ4v) is 6.20. The molecule has 9 heteroatoms. The number of benzene rings is 4. The van der Waals surface area contributed by atoms with Gasteiger partial charge in [-0.2, -0.15) is 0 Å². The standard InChI is InChI=1S/C34H36FN3O4S/c1-4-36-34(40)32(22-27-11-6-5-7-12-27)37(23-28-13-9-8-10-26(28)3)33(39)24-38(30-18-16-29(35)17-19-30)43(41,42)31-20-14-25(2)15-21-31/h5-21,32H,4,22-24H2,1-3H3,(H,36,40)/t32-/m0/s1. The van der Waals surface area contributed by atoms with Gasteiger partial charge in [-0.3, -0.25) is 13.9 Å². The predicted octanol–water partition coefficient (Wildman–Crippen LogP) is 5.41. The Morgan fingerprint density at radius 1 is 0.837 bits per heavy atom. The minimum Gasteiger partial charge on any atom is -0.355 e. The number of carbonyl (C=O) groups is 2. The van der Waals surface area contributed by atoms with Crippen LogP contribution in [-0.4, -0.2) is 44.3 Å². The number of nitrogens with one attached hydrogen (secondary N) is 1. The normalized spacial score (nSPS) is 11.9. The number of sulfonamides is 1. The van der Waals surface area contributed by atoms with Gasteiger partial charge in [-0.05, 0) is 73.9 Å². The zero-order valence-corrected chi connectivity index (χ0v) is 25.4. The van der Waals surface area contributed by atoms with Crippen LogP contribution in [0.25, 0.3) is 0 Å². The van der Waals surface area contributed by atoms with Crippen molar-refractivity contribution in [2.45, 2.75) is 44.7 Å². The van der Waals surface area contributed by atoms with Crippen molar-refractivity contribution in [3.05, 3.63) is 131 Å². The van der Waals surface area contributed by atoms with E-state index in [9.17, 15) is 22.4 Å². The highest BCUT2D eigenvalue weighted by molar-refractivity contribution is 7.92. The number of anilines is 1. The molecule has 7 nitrogen and oxygen atoms in total. The Morgan fingerprint density at radius 3 is 2.09 bits per heavy atom. The van der Waals surface area contributed by atoms with Crippen LogP contribution >= 0.6 is 0 Å². The molecule has 0 saturated carbocycles. The van der Waals surface area contributed by atoms with Crippen LogP contribution < -0.4 is 9.62 Å². The van der Waals surface area contributed by atoms with Crippen molar-refractivity contribution in [1.82, 2.24) is 10.2 Å². The average Bonchev–Trinajstić information content (AvgIpc) is 3.00. The molecule has 0 bridgehead atoms. The Hall–Kier alpha value is -4.50. The third-order valence-electron chi connectivity index (χ3n) is 7.23. The number of carbonyl (C=O) groups excluding carboxylic acids is 2. The summed E-state index contributed by atoms with van der Waals surface area (Å²) >= 11 is 0. The van der Waals surface area contributed by atoms with Crippen LogP contribution in [0.15, 0.2) is 108 Å². The van der Waals surface area contributed by atoms with Crippen LogP contribution in [0.2, 0.25) is 0 Å². The van der Waals surface area contributed by atoms with Gasteiger partial charge in [0.25, 0.3) is 10.0 Å². The first-order valence-corrected chi connectivity index (χ1v) is 15.5. The molecule has 0 aliphatic rings. The fraction of sp³-hybridized carbons (Fsp3) is 0.235. The molecule has 0 saturated heterocycles. The first-order chi connectivity index (χ1) is 20.6.